The highest BCUT2D eigenvalue weighted by molar-refractivity contribution is 7.09. The van der Waals surface area contributed by atoms with Crippen molar-refractivity contribution in [2.24, 2.45) is 0 Å². The molecule has 0 aliphatic rings. The van der Waals surface area contributed by atoms with Crippen LogP contribution in [0.3, 0.4) is 0 Å². The number of hydrogen-bond acceptors (Lipinski definition) is 5. The van der Waals surface area contributed by atoms with E-state index in [1.54, 1.807) is 18.4 Å². The Labute approximate surface area is 111 Å². The lowest BCUT2D eigenvalue weighted by Gasteiger charge is -2.09. The number of thiazole rings is 1. The molecule has 4 nitrogen and oxygen atoms in total. The second-order valence-corrected chi connectivity index (χ2v) is 4.97. The number of nitrogens with two attached hydrogens (primary N) is 1. The molecular weight excluding hydrogens is 246 g/mol. The molecule has 1 heterocycles. The Balaban J connectivity index is 1.96. The second-order valence-electron chi connectivity index (χ2n) is 4.03. The van der Waals surface area contributed by atoms with Crippen LogP contribution in [0, 0.1) is 6.92 Å². The minimum absolute atomic E-state index is 0.723. The average Bonchev–Trinajstić information content (AvgIpc) is 2.77. The summed E-state index contributed by atoms with van der Waals surface area (Å²) >= 11 is 1.67. The Morgan fingerprint density at radius 3 is 2.89 bits per heavy atom. The largest absolute Gasteiger partial charge is 0.497 e. The summed E-state index contributed by atoms with van der Waals surface area (Å²) in [4.78, 5) is 5.48. The van der Waals surface area contributed by atoms with Crippen LogP contribution < -0.4 is 15.8 Å². The van der Waals surface area contributed by atoms with Crippen molar-refractivity contribution >= 4 is 17.0 Å². The highest BCUT2D eigenvalue weighted by Gasteiger charge is 2.03. The number of nitrogens with one attached hydrogen (secondary N) is 1. The van der Waals surface area contributed by atoms with Crippen molar-refractivity contribution in [1.82, 2.24) is 10.3 Å². The molecule has 0 radical (unpaired) electrons. The van der Waals surface area contributed by atoms with Crippen molar-refractivity contribution in [3.05, 3.63) is 39.8 Å². The number of ether oxygens (including phenoxy) is 1. The van der Waals surface area contributed by atoms with Gasteiger partial charge < -0.3 is 15.8 Å². The molecule has 0 aliphatic carbocycles. The third-order valence-electron chi connectivity index (χ3n) is 2.80. The summed E-state index contributed by atoms with van der Waals surface area (Å²) in [5, 5.41) is 3.37. The Kier molecular flexibility index (Phi) is 4.17. The van der Waals surface area contributed by atoms with Crippen LogP contribution in [0.4, 0.5) is 5.69 Å². The zero-order valence-electron chi connectivity index (χ0n) is 10.6. The third-order valence-corrected chi connectivity index (χ3v) is 3.73. The van der Waals surface area contributed by atoms with Gasteiger partial charge >= 0.3 is 0 Å². The lowest BCUT2D eigenvalue weighted by atomic mass is 10.1. The Hall–Kier alpha value is -1.59. The highest BCUT2D eigenvalue weighted by atomic mass is 32.1. The number of methoxy groups -OCH3 is 1. The number of aromatic nitrogens is 1. The molecule has 2 rings (SSSR count). The quantitative estimate of drug-likeness (QED) is 0.813. The third kappa shape index (κ3) is 3.00. The highest BCUT2D eigenvalue weighted by Crippen LogP contribution is 2.19. The van der Waals surface area contributed by atoms with Gasteiger partial charge in [0.2, 0.25) is 0 Å². The first-order valence-electron chi connectivity index (χ1n) is 5.72. The number of rotatable bonds is 5. The number of benzene rings is 1. The normalized spacial score (nSPS) is 10.6. The van der Waals surface area contributed by atoms with Crippen LogP contribution in [0.2, 0.25) is 0 Å². The molecule has 0 unspecified atom stereocenters. The molecule has 0 saturated heterocycles. The molecule has 0 amide bonds. The smallest absolute Gasteiger partial charge is 0.119 e. The molecule has 0 fully saturated rings. The molecule has 5 heteroatoms. The van der Waals surface area contributed by atoms with Crippen LogP contribution in [-0.4, -0.2) is 12.1 Å². The minimum atomic E-state index is 0.723. The zero-order chi connectivity index (χ0) is 13.0. The molecule has 0 spiro atoms. The molecule has 0 aliphatic heterocycles. The summed E-state index contributed by atoms with van der Waals surface area (Å²) in [7, 11) is 1.66. The maximum Gasteiger partial charge on any atom is 0.119 e. The molecule has 0 atom stereocenters. The van der Waals surface area contributed by atoms with Gasteiger partial charge in [-0.15, -0.1) is 11.3 Å². The minimum Gasteiger partial charge on any atom is -0.497 e. The van der Waals surface area contributed by atoms with E-state index in [0.29, 0.717) is 0 Å². The number of aryl methyl sites for hydroxylation is 1. The van der Waals surface area contributed by atoms with Gasteiger partial charge in [-0.2, -0.15) is 0 Å². The van der Waals surface area contributed by atoms with Gasteiger partial charge in [-0.05, 0) is 30.7 Å². The van der Waals surface area contributed by atoms with E-state index in [-0.39, 0.29) is 0 Å². The predicted molar refractivity (Wildman–Crippen MR) is 74.8 cm³/mol. The predicted octanol–water partition coefficient (Wildman–Crippen LogP) is 2.33. The molecule has 2 aromatic rings. The van der Waals surface area contributed by atoms with E-state index in [9.17, 15) is 0 Å². The van der Waals surface area contributed by atoms with Crippen LogP contribution in [-0.2, 0) is 13.1 Å². The van der Waals surface area contributed by atoms with E-state index in [0.717, 1.165) is 35.8 Å². The average molecular weight is 263 g/mol. The van der Waals surface area contributed by atoms with E-state index >= 15 is 0 Å². The first-order valence-corrected chi connectivity index (χ1v) is 6.60. The maximum atomic E-state index is 5.93. The number of nitrogens with zero attached hydrogens (tertiary/aromatic N) is 1. The number of hydrogen-bond donors (Lipinski definition) is 2. The van der Waals surface area contributed by atoms with Crippen molar-refractivity contribution in [3.8, 4) is 5.75 Å². The summed E-state index contributed by atoms with van der Waals surface area (Å²) in [5.74, 6) is 0.829. The van der Waals surface area contributed by atoms with Gasteiger partial charge in [0.15, 0.2) is 0 Å². The van der Waals surface area contributed by atoms with E-state index in [4.69, 9.17) is 10.5 Å². The molecule has 0 saturated carbocycles. The molecular formula is C13H17N3OS. The van der Waals surface area contributed by atoms with Gasteiger partial charge in [0.05, 0.1) is 18.3 Å². The van der Waals surface area contributed by atoms with Gasteiger partial charge in [-0.3, -0.25) is 0 Å². The Morgan fingerprint density at radius 1 is 1.39 bits per heavy atom. The van der Waals surface area contributed by atoms with Gasteiger partial charge in [0, 0.05) is 23.7 Å². The van der Waals surface area contributed by atoms with Crippen molar-refractivity contribution in [2.75, 3.05) is 12.8 Å². The van der Waals surface area contributed by atoms with Crippen molar-refractivity contribution in [3.63, 3.8) is 0 Å². The van der Waals surface area contributed by atoms with Crippen LogP contribution in [0.25, 0.3) is 0 Å². The zero-order valence-corrected chi connectivity index (χ0v) is 11.4. The summed E-state index contributed by atoms with van der Waals surface area (Å²) in [5.41, 5.74) is 10.7. The van der Waals surface area contributed by atoms with Crippen LogP contribution in [0.15, 0.2) is 23.7 Å². The summed E-state index contributed by atoms with van der Waals surface area (Å²) in [6.07, 6.45) is 0. The Morgan fingerprint density at radius 2 is 2.22 bits per heavy atom. The first-order chi connectivity index (χ1) is 8.70. The Bertz CT molecular complexity index is 525. The van der Waals surface area contributed by atoms with E-state index < -0.39 is 0 Å². The second kappa shape index (κ2) is 5.84. The van der Waals surface area contributed by atoms with Crippen LogP contribution >= 0.6 is 11.3 Å². The van der Waals surface area contributed by atoms with Gasteiger partial charge in [-0.25, -0.2) is 4.98 Å². The lowest BCUT2D eigenvalue weighted by Crippen LogP contribution is -2.13. The molecule has 3 N–H and O–H groups in total. The van der Waals surface area contributed by atoms with Crippen molar-refractivity contribution in [2.45, 2.75) is 20.0 Å². The van der Waals surface area contributed by atoms with Gasteiger partial charge in [0.25, 0.3) is 0 Å². The first kappa shape index (κ1) is 12.9. The molecule has 96 valence electrons. The SMILES string of the molecule is COc1ccc(N)c(CNCc2scnc2C)c1. The monoisotopic (exact) mass is 263 g/mol. The summed E-state index contributed by atoms with van der Waals surface area (Å²) in [6, 6.07) is 5.70. The van der Waals surface area contributed by atoms with Crippen molar-refractivity contribution < 1.29 is 4.74 Å². The van der Waals surface area contributed by atoms with Gasteiger partial charge in [0.1, 0.15) is 5.75 Å². The van der Waals surface area contributed by atoms with Crippen LogP contribution in [0.5, 0.6) is 5.75 Å². The number of anilines is 1. The van der Waals surface area contributed by atoms with Gasteiger partial charge in [-0.1, -0.05) is 0 Å². The molecule has 0 bridgehead atoms. The standard InChI is InChI=1S/C13H17N3OS/c1-9-13(18-8-16-9)7-15-6-10-5-11(17-2)3-4-12(10)14/h3-5,8,15H,6-7,14H2,1-2H3. The fourth-order valence-electron chi connectivity index (χ4n) is 1.67. The molecule has 1 aromatic carbocycles. The van der Waals surface area contributed by atoms with E-state index in [1.165, 1.54) is 4.88 Å². The van der Waals surface area contributed by atoms with Crippen LogP contribution in [0.1, 0.15) is 16.1 Å². The van der Waals surface area contributed by atoms with Crippen molar-refractivity contribution in [1.29, 1.82) is 0 Å². The lowest BCUT2D eigenvalue weighted by molar-refractivity contribution is 0.414. The van der Waals surface area contributed by atoms with E-state index in [1.807, 2.05) is 30.6 Å². The fourth-order valence-corrected chi connectivity index (χ4v) is 2.42. The molecule has 1 aromatic heterocycles. The number of nitrogen functional groups attached to an aromatic ring is 1. The topological polar surface area (TPSA) is 60.2 Å². The summed E-state index contributed by atoms with van der Waals surface area (Å²) in [6.45, 7) is 3.56. The fraction of sp³-hybridized carbons (Fsp3) is 0.308. The summed E-state index contributed by atoms with van der Waals surface area (Å²) < 4.78 is 5.19. The molecule has 18 heavy (non-hydrogen) atoms. The maximum absolute atomic E-state index is 5.93. The van der Waals surface area contributed by atoms with E-state index in [2.05, 4.69) is 10.3 Å².